The summed E-state index contributed by atoms with van der Waals surface area (Å²) in [7, 11) is 0. The van der Waals surface area contributed by atoms with Gasteiger partial charge in [0.15, 0.2) is 11.6 Å². The van der Waals surface area contributed by atoms with Gasteiger partial charge in [-0.15, -0.1) is 0 Å². The molecule has 0 radical (unpaired) electrons. The van der Waals surface area contributed by atoms with E-state index in [0.29, 0.717) is 0 Å². The van der Waals surface area contributed by atoms with Crippen LogP contribution in [0.25, 0.3) is 11.1 Å². The number of carboxylic acids is 1. The number of nitrogens with one attached hydrogen (secondary N) is 1. The minimum Gasteiger partial charge on any atom is -0.477 e. The van der Waals surface area contributed by atoms with Crippen LogP contribution in [0, 0.1) is 11.6 Å². The first kappa shape index (κ1) is 10.4. The first-order valence-electron chi connectivity index (χ1n) is 4.46. The molecule has 0 saturated carbocycles. The molecule has 0 amide bonds. The molecule has 1 heterocycles. The van der Waals surface area contributed by atoms with Crippen LogP contribution in [-0.2, 0) is 0 Å². The SMILES string of the molecule is O=C(O)c1[nH]ccc1-c1cccc(F)c1F. The number of hydrogen-bond donors (Lipinski definition) is 2. The highest BCUT2D eigenvalue weighted by Crippen LogP contribution is 2.27. The van der Waals surface area contributed by atoms with Crippen molar-refractivity contribution in [2.75, 3.05) is 0 Å². The third kappa shape index (κ3) is 1.56. The minimum atomic E-state index is -1.22. The molecule has 0 bridgehead atoms. The minimum absolute atomic E-state index is 0.0707. The molecule has 0 fully saturated rings. The van der Waals surface area contributed by atoms with Crippen molar-refractivity contribution in [2.24, 2.45) is 0 Å². The Labute approximate surface area is 89.3 Å². The molecule has 0 spiro atoms. The highest BCUT2D eigenvalue weighted by Gasteiger charge is 2.17. The highest BCUT2D eigenvalue weighted by atomic mass is 19.2. The van der Waals surface area contributed by atoms with Crippen LogP contribution in [0.15, 0.2) is 30.5 Å². The van der Waals surface area contributed by atoms with Crippen LogP contribution < -0.4 is 0 Å². The molecular weight excluding hydrogens is 216 g/mol. The second kappa shape index (κ2) is 3.77. The molecule has 2 rings (SSSR count). The van der Waals surface area contributed by atoms with Crippen LogP contribution >= 0.6 is 0 Å². The maximum atomic E-state index is 13.4. The predicted molar refractivity (Wildman–Crippen MR) is 53.1 cm³/mol. The van der Waals surface area contributed by atoms with Gasteiger partial charge in [0.1, 0.15) is 5.69 Å². The molecule has 1 aromatic carbocycles. The van der Waals surface area contributed by atoms with Crippen LogP contribution in [0.2, 0.25) is 0 Å². The van der Waals surface area contributed by atoms with Crippen molar-refractivity contribution in [1.82, 2.24) is 4.98 Å². The van der Waals surface area contributed by atoms with Gasteiger partial charge in [-0.1, -0.05) is 12.1 Å². The maximum absolute atomic E-state index is 13.4. The Morgan fingerprint density at radius 1 is 1.19 bits per heavy atom. The van der Waals surface area contributed by atoms with Crippen LogP contribution in [0.5, 0.6) is 0 Å². The Balaban J connectivity index is 2.63. The summed E-state index contributed by atoms with van der Waals surface area (Å²) >= 11 is 0. The van der Waals surface area contributed by atoms with E-state index in [4.69, 9.17) is 5.11 Å². The summed E-state index contributed by atoms with van der Waals surface area (Å²) in [6.45, 7) is 0. The molecule has 0 aliphatic heterocycles. The van der Waals surface area contributed by atoms with Crippen molar-refractivity contribution in [1.29, 1.82) is 0 Å². The van der Waals surface area contributed by atoms with Gasteiger partial charge in [-0.25, -0.2) is 13.6 Å². The molecule has 16 heavy (non-hydrogen) atoms. The van der Waals surface area contributed by atoms with E-state index in [1.165, 1.54) is 24.4 Å². The Kier molecular flexibility index (Phi) is 2.44. The van der Waals surface area contributed by atoms with Crippen molar-refractivity contribution in [3.05, 3.63) is 47.8 Å². The first-order chi connectivity index (χ1) is 7.61. The maximum Gasteiger partial charge on any atom is 0.352 e. The van der Waals surface area contributed by atoms with E-state index < -0.39 is 17.6 Å². The fraction of sp³-hybridized carbons (Fsp3) is 0. The molecule has 0 unspecified atom stereocenters. The second-order valence-corrected chi connectivity index (χ2v) is 3.17. The lowest BCUT2D eigenvalue weighted by Gasteiger charge is -2.03. The Bertz CT molecular complexity index is 549. The van der Waals surface area contributed by atoms with Crippen molar-refractivity contribution in [3.63, 3.8) is 0 Å². The Morgan fingerprint density at radius 2 is 1.94 bits per heavy atom. The third-order valence-electron chi connectivity index (χ3n) is 2.20. The van der Waals surface area contributed by atoms with Crippen LogP contribution in [0.1, 0.15) is 10.5 Å². The van der Waals surface area contributed by atoms with Crippen LogP contribution in [0.3, 0.4) is 0 Å². The van der Waals surface area contributed by atoms with Gasteiger partial charge in [-0.05, 0) is 12.1 Å². The first-order valence-corrected chi connectivity index (χ1v) is 4.46. The quantitative estimate of drug-likeness (QED) is 0.822. The van der Waals surface area contributed by atoms with Crippen molar-refractivity contribution < 1.29 is 18.7 Å². The number of hydrogen-bond acceptors (Lipinski definition) is 1. The van der Waals surface area contributed by atoms with Gasteiger partial charge in [-0.2, -0.15) is 0 Å². The summed E-state index contributed by atoms with van der Waals surface area (Å²) in [6.07, 6.45) is 1.36. The van der Waals surface area contributed by atoms with E-state index in [2.05, 4.69) is 4.98 Å². The standard InChI is InChI=1S/C11H7F2NO2/c12-8-3-1-2-6(9(8)13)7-4-5-14-10(7)11(15)16/h1-5,14H,(H,15,16). The van der Waals surface area contributed by atoms with E-state index >= 15 is 0 Å². The summed E-state index contributed by atoms with van der Waals surface area (Å²) in [4.78, 5) is 13.3. The Morgan fingerprint density at radius 3 is 2.62 bits per heavy atom. The number of H-pyrrole nitrogens is 1. The molecule has 0 aliphatic rings. The fourth-order valence-electron chi connectivity index (χ4n) is 1.48. The molecule has 0 atom stereocenters. The average molecular weight is 223 g/mol. The van der Waals surface area contributed by atoms with Gasteiger partial charge in [0.05, 0.1) is 0 Å². The number of benzene rings is 1. The normalized spacial score (nSPS) is 10.4. The predicted octanol–water partition coefficient (Wildman–Crippen LogP) is 2.66. The largest absolute Gasteiger partial charge is 0.477 e. The van der Waals surface area contributed by atoms with E-state index in [1.54, 1.807) is 0 Å². The number of carbonyl (C=O) groups is 1. The monoisotopic (exact) mass is 223 g/mol. The van der Waals surface area contributed by atoms with Gasteiger partial charge in [0.25, 0.3) is 0 Å². The van der Waals surface area contributed by atoms with Crippen molar-refractivity contribution in [3.8, 4) is 11.1 Å². The molecule has 0 saturated heterocycles. The van der Waals surface area contributed by atoms with Gasteiger partial charge in [0, 0.05) is 17.3 Å². The molecule has 2 N–H and O–H groups in total. The van der Waals surface area contributed by atoms with E-state index in [1.807, 2.05) is 0 Å². The number of rotatable bonds is 2. The number of aromatic nitrogens is 1. The van der Waals surface area contributed by atoms with Gasteiger partial charge in [0.2, 0.25) is 0 Å². The Hall–Kier alpha value is -2.17. The summed E-state index contributed by atoms with van der Waals surface area (Å²) in [6, 6.07) is 5.02. The lowest BCUT2D eigenvalue weighted by atomic mass is 10.1. The van der Waals surface area contributed by atoms with Gasteiger partial charge >= 0.3 is 5.97 Å². The van der Waals surface area contributed by atoms with Crippen LogP contribution in [0.4, 0.5) is 8.78 Å². The number of aromatic carboxylic acids is 1. The molecule has 2 aromatic rings. The number of carboxylic acid groups (broad SMARTS) is 1. The second-order valence-electron chi connectivity index (χ2n) is 3.17. The molecule has 5 heteroatoms. The molecule has 3 nitrogen and oxygen atoms in total. The zero-order chi connectivity index (χ0) is 11.7. The summed E-state index contributed by atoms with van der Waals surface area (Å²) in [5.74, 6) is -3.27. The van der Waals surface area contributed by atoms with Crippen molar-refractivity contribution in [2.45, 2.75) is 0 Å². The third-order valence-corrected chi connectivity index (χ3v) is 2.20. The van der Waals surface area contributed by atoms with Crippen LogP contribution in [-0.4, -0.2) is 16.1 Å². The fourth-order valence-corrected chi connectivity index (χ4v) is 1.48. The molecular formula is C11H7F2NO2. The van der Waals surface area contributed by atoms with E-state index in [9.17, 15) is 13.6 Å². The lowest BCUT2D eigenvalue weighted by molar-refractivity contribution is 0.0692. The summed E-state index contributed by atoms with van der Waals surface area (Å²) in [5.41, 5.74) is -0.104. The zero-order valence-electron chi connectivity index (χ0n) is 8.00. The van der Waals surface area contributed by atoms with Gasteiger partial charge < -0.3 is 10.1 Å². The van der Waals surface area contributed by atoms with Crippen molar-refractivity contribution >= 4 is 5.97 Å². The zero-order valence-corrected chi connectivity index (χ0v) is 8.00. The number of aromatic amines is 1. The lowest BCUT2D eigenvalue weighted by Crippen LogP contribution is -2.00. The number of halogens is 2. The topological polar surface area (TPSA) is 53.1 Å². The van der Waals surface area contributed by atoms with Gasteiger partial charge in [-0.3, -0.25) is 0 Å². The summed E-state index contributed by atoms with van der Waals surface area (Å²) in [5, 5.41) is 8.83. The highest BCUT2D eigenvalue weighted by molar-refractivity contribution is 5.94. The molecule has 0 aliphatic carbocycles. The van der Waals surface area contributed by atoms with E-state index in [-0.39, 0.29) is 16.8 Å². The average Bonchev–Trinajstić information content (AvgIpc) is 2.70. The molecule has 82 valence electrons. The summed E-state index contributed by atoms with van der Waals surface area (Å²) < 4.78 is 26.4. The smallest absolute Gasteiger partial charge is 0.352 e. The molecule has 1 aromatic heterocycles. The van der Waals surface area contributed by atoms with E-state index in [0.717, 1.165) is 6.07 Å².